The largest absolute Gasteiger partial charge is 0.248 e. The normalized spacial score (nSPS) is 12.5. The number of rotatable bonds is 2. The van der Waals surface area contributed by atoms with Crippen LogP contribution in [0.4, 0.5) is 11.4 Å². The lowest BCUT2D eigenvalue weighted by atomic mass is 9.87. The van der Waals surface area contributed by atoms with Crippen molar-refractivity contribution < 1.29 is 0 Å². The van der Waals surface area contributed by atoms with Crippen LogP contribution in [0.1, 0.15) is 0 Å². The Balaban J connectivity index is 1.35. The zero-order valence-corrected chi connectivity index (χ0v) is 21.7. The van der Waals surface area contributed by atoms with Crippen molar-refractivity contribution in [2.24, 2.45) is 9.98 Å². The van der Waals surface area contributed by atoms with Gasteiger partial charge in [-0.05, 0) is 58.7 Å². The van der Waals surface area contributed by atoms with E-state index in [-0.39, 0.29) is 0 Å². The Morgan fingerprint density at radius 1 is 0.436 bits per heavy atom. The third-order valence-electron chi connectivity index (χ3n) is 8.03. The fraction of sp³-hybridized carbons (Fsp3) is 0. The fourth-order valence-electron chi connectivity index (χ4n) is 6.38. The highest BCUT2D eigenvalue weighted by atomic mass is 32.1. The Kier molecular flexibility index (Phi) is 4.24. The summed E-state index contributed by atoms with van der Waals surface area (Å²) in [6, 6.07) is 43.5. The van der Waals surface area contributed by atoms with Crippen molar-refractivity contribution in [2.75, 3.05) is 0 Å². The molecule has 0 amide bonds. The summed E-state index contributed by atoms with van der Waals surface area (Å²) in [5, 5.41) is 7.05. The van der Waals surface area contributed by atoms with Gasteiger partial charge in [-0.3, -0.25) is 0 Å². The van der Waals surface area contributed by atoms with Gasteiger partial charge in [-0.1, -0.05) is 84.9 Å². The van der Waals surface area contributed by atoms with E-state index in [4.69, 9.17) is 9.98 Å². The van der Waals surface area contributed by atoms with Crippen LogP contribution in [0.2, 0.25) is 0 Å². The Morgan fingerprint density at radius 3 is 2.10 bits per heavy atom. The van der Waals surface area contributed by atoms with Gasteiger partial charge >= 0.3 is 0 Å². The zero-order chi connectivity index (χ0) is 25.5. The number of benzene rings is 6. The second-order valence-electron chi connectivity index (χ2n) is 10.1. The minimum absolute atomic E-state index is 0.996. The Hall–Kier alpha value is -4.86. The monoisotopic (exact) mass is 512 g/mol. The van der Waals surface area contributed by atoms with E-state index in [9.17, 15) is 0 Å². The minimum Gasteiger partial charge on any atom is -0.248 e. The molecule has 39 heavy (non-hydrogen) atoms. The second kappa shape index (κ2) is 7.83. The van der Waals surface area contributed by atoms with Crippen molar-refractivity contribution in [3.63, 3.8) is 0 Å². The lowest BCUT2D eigenvalue weighted by molar-refractivity contribution is 1.36. The van der Waals surface area contributed by atoms with Gasteiger partial charge in [0.1, 0.15) is 0 Å². The number of hydrogen-bond acceptors (Lipinski definition) is 3. The van der Waals surface area contributed by atoms with E-state index < -0.39 is 0 Å². The van der Waals surface area contributed by atoms with Gasteiger partial charge in [0.2, 0.25) is 0 Å². The van der Waals surface area contributed by atoms with Gasteiger partial charge in [-0.2, -0.15) is 0 Å². The van der Waals surface area contributed by atoms with E-state index >= 15 is 0 Å². The summed E-state index contributed by atoms with van der Waals surface area (Å²) in [6.45, 7) is 0. The van der Waals surface area contributed by atoms with Crippen LogP contribution in [0, 0.1) is 10.4 Å². The number of thiophene rings is 1. The Labute approximate surface area is 228 Å². The molecule has 0 spiro atoms. The molecule has 0 fully saturated rings. The molecule has 0 bridgehead atoms. The first-order valence-corrected chi connectivity index (χ1v) is 14.0. The first-order valence-electron chi connectivity index (χ1n) is 13.2. The smallest absolute Gasteiger partial charge is 0.0817 e. The third-order valence-corrected chi connectivity index (χ3v) is 9.16. The molecule has 0 unspecified atom stereocenters. The topological polar surface area (TPSA) is 24.7 Å². The lowest BCUT2D eigenvalue weighted by Crippen LogP contribution is -2.01. The first kappa shape index (κ1) is 21.1. The molecule has 6 aromatic carbocycles. The summed E-state index contributed by atoms with van der Waals surface area (Å²) in [4.78, 5) is 10.2. The maximum atomic E-state index is 5.11. The van der Waals surface area contributed by atoms with Crippen molar-refractivity contribution in [3.8, 4) is 33.4 Å². The first-order chi connectivity index (χ1) is 19.3. The molecule has 7 aromatic rings. The molecule has 0 saturated carbocycles. The maximum Gasteiger partial charge on any atom is 0.0817 e. The van der Waals surface area contributed by atoms with E-state index in [1.807, 2.05) is 11.3 Å². The number of hydrogen-bond donors (Lipinski definition) is 0. The molecule has 2 aliphatic heterocycles. The van der Waals surface area contributed by atoms with E-state index in [2.05, 4.69) is 121 Å². The van der Waals surface area contributed by atoms with E-state index in [0.29, 0.717) is 0 Å². The molecule has 0 radical (unpaired) electrons. The number of fused-ring (bicyclic) bond motifs is 9. The molecule has 3 heteroatoms. The number of nitrogens with zero attached hydrogens (tertiary/aromatic N) is 2. The molecule has 3 heterocycles. The van der Waals surface area contributed by atoms with E-state index in [0.717, 1.165) is 27.7 Å². The average Bonchev–Trinajstić information content (AvgIpc) is 3.67. The standard InChI is InChI=1S/C36H20N2S/c1-2-10-22(21(9-1)24-14-8-18-32-33(24)27-12-4-6-17-31(27)39-32)25-13-7-16-29-34(25)35-30(37-29)20-19-26-23-11-3-5-15-28(23)38-36(26)35/h1-20H. The molecular formula is C36H20N2S. The van der Waals surface area contributed by atoms with Gasteiger partial charge in [-0.15, -0.1) is 11.3 Å². The molecule has 180 valence electrons. The molecular weight excluding hydrogens is 492 g/mol. The molecule has 9 rings (SSSR count). The van der Waals surface area contributed by atoms with E-state index in [1.54, 1.807) is 0 Å². The van der Waals surface area contributed by atoms with Gasteiger partial charge in [0.05, 0.1) is 22.1 Å². The maximum absolute atomic E-state index is 5.11. The Bertz CT molecular complexity index is 2400. The summed E-state index contributed by atoms with van der Waals surface area (Å²) < 4.78 is 2.64. The van der Waals surface area contributed by atoms with Crippen LogP contribution in [0.15, 0.2) is 131 Å². The lowest BCUT2D eigenvalue weighted by Gasteiger charge is -2.16. The van der Waals surface area contributed by atoms with Crippen LogP contribution in [-0.2, 0) is 0 Å². The summed E-state index contributed by atoms with van der Waals surface area (Å²) in [5.41, 5.74) is 9.28. The number of para-hydroxylation sites is 1. The Morgan fingerprint density at radius 2 is 1.15 bits per heavy atom. The highest BCUT2D eigenvalue weighted by Crippen LogP contribution is 2.48. The van der Waals surface area contributed by atoms with Crippen LogP contribution in [-0.4, -0.2) is 0 Å². The predicted octanol–water partition coefficient (Wildman–Crippen LogP) is 8.87. The van der Waals surface area contributed by atoms with Gasteiger partial charge < -0.3 is 0 Å². The molecule has 2 aliphatic rings. The van der Waals surface area contributed by atoms with Crippen molar-refractivity contribution in [1.29, 1.82) is 0 Å². The molecule has 0 atom stereocenters. The molecule has 1 aromatic heterocycles. The van der Waals surface area contributed by atoms with Crippen LogP contribution in [0.5, 0.6) is 0 Å². The molecule has 2 nitrogen and oxygen atoms in total. The molecule has 0 aliphatic carbocycles. The van der Waals surface area contributed by atoms with Gasteiger partial charge in [0.25, 0.3) is 0 Å². The fourth-order valence-corrected chi connectivity index (χ4v) is 7.51. The van der Waals surface area contributed by atoms with Gasteiger partial charge in [0, 0.05) is 41.7 Å². The van der Waals surface area contributed by atoms with Crippen LogP contribution < -0.4 is 10.7 Å². The third kappa shape index (κ3) is 2.91. The molecule has 0 saturated heterocycles. The van der Waals surface area contributed by atoms with E-state index in [1.165, 1.54) is 58.4 Å². The summed E-state index contributed by atoms with van der Waals surface area (Å²) in [5.74, 6) is 0. The second-order valence-corrected chi connectivity index (χ2v) is 11.2. The van der Waals surface area contributed by atoms with Crippen LogP contribution >= 0.6 is 11.3 Å². The van der Waals surface area contributed by atoms with Crippen molar-refractivity contribution in [1.82, 2.24) is 0 Å². The zero-order valence-electron chi connectivity index (χ0n) is 20.8. The van der Waals surface area contributed by atoms with Gasteiger partial charge in [-0.25, -0.2) is 9.98 Å². The summed E-state index contributed by atoms with van der Waals surface area (Å²) in [6.07, 6.45) is 0. The average molecular weight is 513 g/mol. The minimum atomic E-state index is 0.996. The SMILES string of the molecule is c1ccc(-c2cccc3sc4ccccc4c23)c(-c2cccc3c2-c2c4c(ccc2=N3)=c2ccccc2=N4)c1. The van der Waals surface area contributed by atoms with Gasteiger partial charge in [0.15, 0.2) is 0 Å². The highest BCUT2D eigenvalue weighted by molar-refractivity contribution is 7.25. The van der Waals surface area contributed by atoms with Crippen LogP contribution in [0.25, 0.3) is 53.6 Å². The van der Waals surface area contributed by atoms with Crippen molar-refractivity contribution >= 4 is 42.9 Å². The quantitative estimate of drug-likeness (QED) is 0.221. The summed E-state index contributed by atoms with van der Waals surface area (Å²) >= 11 is 1.86. The van der Waals surface area contributed by atoms with Crippen LogP contribution in [0.3, 0.4) is 0 Å². The highest BCUT2D eigenvalue weighted by Gasteiger charge is 2.25. The van der Waals surface area contributed by atoms with Crippen molar-refractivity contribution in [2.45, 2.75) is 0 Å². The summed E-state index contributed by atoms with van der Waals surface area (Å²) in [7, 11) is 0. The predicted molar refractivity (Wildman–Crippen MR) is 161 cm³/mol. The molecule has 0 N–H and O–H groups in total. The van der Waals surface area contributed by atoms with Crippen molar-refractivity contribution in [3.05, 3.63) is 142 Å².